The molecule has 0 radical (unpaired) electrons. The maximum atomic E-state index is 12.5. The Morgan fingerprint density at radius 3 is 2.14 bits per heavy atom. The lowest BCUT2D eigenvalue weighted by molar-refractivity contribution is 0.102. The minimum absolute atomic E-state index is 0.149. The Balaban J connectivity index is 1.81. The van der Waals surface area contributed by atoms with Gasteiger partial charge in [0, 0.05) is 5.56 Å². The van der Waals surface area contributed by atoms with E-state index in [1.165, 1.54) is 36.4 Å². The van der Waals surface area contributed by atoms with Gasteiger partial charge < -0.3 is 5.32 Å². The average Bonchev–Trinajstić information content (AvgIpc) is 2.68. The monoisotopic (exact) mass is 468 g/mol. The van der Waals surface area contributed by atoms with E-state index in [0.717, 1.165) is 0 Å². The van der Waals surface area contributed by atoms with Crippen LogP contribution >= 0.6 is 34.8 Å². The molecule has 0 aliphatic heterocycles. The van der Waals surface area contributed by atoms with Crippen LogP contribution in [0.5, 0.6) is 0 Å². The SMILES string of the molecule is Cc1cc(C(=O)Nc2cc(Cl)c(Cl)cc2Cl)ccc1NS(=O)(=O)c1ccccc1. The molecule has 2 N–H and O–H groups in total. The number of aryl methyl sites for hydroxylation is 1. The third kappa shape index (κ3) is 5.03. The predicted molar refractivity (Wildman–Crippen MR) is 118 cm³/mol. The van der Waals surface area contributed by atoms with E-state index in [2.05, 4.69) is 10.0 Å². The number of hydrogen-bond donors (Lipinski definition) is 2. The fourth-order valence-corrected chi connectivity index (χ4v) is 4.28. The summed E-state index contributed by atoms with van der Waals surface area (Å²) in [4.78, 5) is 12.7. The van der Waals surface area contributed by atoms with Gasteiger partial charge in [-0.05, 0) is 55.0 Å². The van der Waals surface area contributed by atoms with Gasteiger partial charge >= 0.3 is 0 Å². The number of halogens is 3. The van der Waals surface area contributed by atoms with Crippen molar-refractivity contribution < 1.29 is 13.2 Å². The molecular weight excluding hydrogens is 455 g/mol. The molecule has 0 saturated heterocycles. The van der Waals surface area contributed by atoms with E-state index >= 15 is 0 Å². The van der Waals surface area contributed by atoms with Crippen molar-refractivity contribution in [3.05, 3.63) is 86.9 Å². The molecule has 150 valence electrons. The molecule has 0 atom stereocenters. The molecule has 29 heavy (non-hydrogen) atoms. The zero-order valence-corrected chi connectivity index (χ0v) is 18.1. The Bertz CT molecular complexity index is 1180. The Morgan fingerprint density at radius 1 is 0.828 bits per heavy atom. The summed E-state index contributed by atoms with van der Waals surface area (Å²) in [6.45, 7) is 1.70. The quantitative estimate of drug-likeness (QED) is 0.449. The minimum Gasteiger partial charge on any atom is -0.321 e. The highest BCUT2D eigenvalue weighted by Crippen LogP contribution is 2.32. The van der Waals surface area contributed by atoms with Gasteiger partial charge in [0.2, 0.25) is 0 Å². The summed E-state index contributed by atoms with van der Waals surface area (Å²) in [5, 5.41) is 3.45. The molecule has 5 nitrogen and oxygen atoms in total. The summed E-state index contributed by atoms with van der Waals surface area (Å²) in [7, 11) is -3.73. The second-order valence-electron chi connectivity index (χ2n) is 6.15. The van der Waals surface area contributed by atoms with Gasteiger partial charge in [0.1, 0.15) is 0 Å². The maximum absolute atomic E-state index is 12.5. The number of carbonyl (C=O) groups excluding carboxylic acids is 1. The summed E-state index contributed by atoms with van der Waals surface area (Å²) in [5.74, 6) is -0.425. The van der Waals surface area contributed by atoms with Gasteiger partial charge in [-0.25, -0.2) is 8.42 Å². The number of carbonyl (C=O) groups is 1. The minimum atomic E-state index is -3.73. The highest BCUT2D eigenvalue weighted by Gasteiger charge is 2.16. The van der Waals surface area contributed by atoms with Crippen LogP contribution in [-0.4, -0.2) is 14.3 Å². The topological polar surface area (TPSA) is 75.3 Å². The molecule has 0 aliphatic carbocycles. The van der Waals surface area contributed by atoms with Crippen molar-refractivity contribution >= 4 is 62.1 Å². The zero-order valence-electron chi connectivity index (χ0n) is 15.0. The lowest BCUT2D eigenvalue weighted by Gasteiger charge is -2.13. The van der Waals surface area contributed by atoms with Crippen molar-refractivity contribution in [1.29, 1.82) is 0 Å². The lowest BCUT2D eigenvalue weighted by atomic mass is 10.1. The van der Waals surface area contributed by atoms with E-state index in [4.69, 9.17) is 34.8 Å². The van der Waals surface area contributed by atoms with E-state index in [1.54, 1.807) is 31.2 Å². The number of sulfonamides is 1. The third-order valence-corrected chi connectivity index (χ3v) is 6.46. The molecule has 9 heteroatoms. The van der Waals surface area contributed by atoms with Crippen LogP contribution in [0.3, 0.4) is 0 Å². The number of rotatable bonds is 5. The smallest absolute Gasteiger partial charge is 0.261 e. The Morgan fingerprint density at radius 2 is 1.48 bits per heavy atom. The van der Waals surface area contributed by atoms with E-state index in [0.29, 0.717) is 22.5 Å². The third-order valence-electron chi connectivity index (χ3n) is 4.04. The number of nitrogens with one attached hydrogen (secondary N) is 2. The first kappa shape index (κ1) is 21.5. The molecule has 3 aromatic rings. The largest absolute Gasteiger partial charge is 0.321 e. The van der Waals surface area contributed by atoms with Gasteiger partial charge in [-0.3, -0.25) is 9.52 Å². The fraction of sp³-hybridized carbons (Fsp3) is 0.0500. The van der Waals surface area contributed by atoms with Crippen LogP contribution in [-0.2, 0) is 10.0 Å². The Kier molecular flexibility index (Phi) is 6.39. The first-order valence-corrected chi connectivity index (χ1v) is 10.9. The number of anilines is 2. The lowest BCUT2D eigenvalue weighted by Crippen LogP contribution is -2.15. The molecule has 3 rings (SSSR count). The van der Waals surface area contributed by atoms with Gasteiger partial charge in [0.25, 0.3) is 15.9 Å². The Labute approximate surface area is 183 Å². The number of benzene rings is 3. The highest BCUT2D eigenvalue weighted by atomic mass is 35.5. The molecule has 1 amide bonds. The van der Waals surface area contributed by atoms with Gasteiger partial charge in [-0.2, -0.15) is 0 Å². The van der Waals surface area contributed by atoms with Crippen molar-refractivity contribution in [3.63, 3.8) is 0 Å². The van der Waals surface area contributed by atoms with Crippen molar-refractivity contribution in [2.45, 2.75) is 11.8 Å². The van der Waals surface area contributed by atoms with E-state index in [9.17, 15) is 13.2 Å². The second-order valence-corrected chi connectivity index (χ2v) is 9.05. The molecule has 3 aromatic carbocycles. The second kappa shape index (κ2) is 8.63. The van der Waals surface area contributed by atoms with E-state index in [-0.39, 0.29) is 20.0 Å². The maximum Gasteiger partial charge on any atom is 0.261 e. The van der Waals surface area contributed by atoms with Crippen molar-refractivity contribution in [1.82, 2.24) is 0 Å². The van der Waals surface area contributed by atoms with Crippen LogP contribution in [0.1, 0.15) is 15.9 Å². The average molecular weight is 470 g/mol. The molecule has 0 spiro atoms. The van der Waals surface area contributed by atoms with Crippen LogP contribution < -0.4 is 10.0 Å². The fourth-order valence-electron chi connectivity index (χ4n) is 2.54. The molecule has 0 unspecified atom stereocenters. The normalized spacial score (nSPS) is 11.2. The van der Waals surface area contributed by atoms with Crippen LogP contribution in [0.2, 0.25) is 15.1 Å². The first-order chi connectivity index (χ1) is 13.7. The van der Waals surface area contributed by atoms with Crippen LogP contribution in [0, 0.1) is 6.92 Å². The summed E-state index contributed by atoms with van der Waals surface area (Å²) >= 11 is 17.9. The van der Waals surface area contributed by atoms with Gasteiger partial charge in [0.15, 0.2) is 0 Å². The molecule has 0 aliphatic rings. The number of hydrogen-bond acceptors (Lipinski definition) is 3. The van der Waals surface area contributed by atoms with Crippen LogP contribution in [0.4, 0.5) is 11.4 Å². The van der Waals surface area contributed by atoms with Gasteiger partial charge in [0.05, 0.1) is 31.3 Å². The van der Waals surface area contributed by atoms with E-state index in [1.807, 2.05) is 0 Å². The zero-order chi connectivity index (χ0) is 21.2. The Hall–Kier alpha value is -2.25. The molecule has 0 bridgehead atoms. The predicted octanol–water partition coefficient (Wildman–Crippen LogP) is 6.01. The van der Waals surface area contributed by atoms with Gasteiger partial charge in [-0.1, -0.05) is 53.0 Å². The van der Waals surface area contributed by atoms with Crippen molar-refractivity contribution in [2.75, 3.05) is 10.0 Å². The first-order valence-electron chi connectivity index (χ1n) is 8.32. The van der Waals surface area contributed by atoms with Gasteiger partial charge in [-0.15, -0.1) is 0 Å². The standard InChI is InChI=1S/C20H15Cl3N2O3S/c1-12-9-13(20(26)24-19-11-16(22)15(21)10-17(19)23)7-8-18(12)25-29(27,28)14-5-3-2-4-6-14/h2-11,25H,1H3,(H,24,26). The summed E-state index contributed by atoms with van der Waals surface area (Å²) in [6, 6.07) is 15.5. The number of amides is 1. The summed E-state index contributed by atoms with van der Waals surface area (Å²) in [6.07, 6.45) is 0. The summed E-state index contributed by atoms with van der Waals surface area (Å²) < 4.78 is 27.5. The molecule has 0 aromatic heterocycles. The highest BCUT2D eigenvalue weighted by molar-refractivity contribution is 7.92. The van der Waals surface area contributed by atoms with Crippen molar-refractivity contribution in [2.24, 2.45) is 0 Å². The van der Waals surface area contributed by atoms with Crippen LogP contribution in [0.25, 0.3) is 0 Å². The van der Waals surface area contributed by atoms with Crippen LogP contribution in [0.15, 0.2) is 65.6 Å². The summed E-state index contributed by atoms with van der Waals surface area (Å²) in [5.41, 5.74) is 1.60. The van der Waals surface area contributed by atoms with E-state index < -0.39 is 15.9 Å². The molecule has 0 fully saturated rings. The molecular formula is C20H15Cl3N2O3S. The van der Waals surface area contributed by atoms with Crippen molar-refractivity contribution in [3.8, 4) is 0 Å². The molecule has 0 saturated carbocycles. The molecule has 0 heterocycles.